The second-order valence-corrected chi connectivity index (χ2v) is 3.67. The van der Waals surface area contributed by atoms with Crippen LogP contribution in [0.15, 0.2) is 36.9 Å². The molecule has 0 aromatic heterocycles. The van der Waals surface area contributed by atoms with Gasteiger partial charge in [0.25, 0.3) is 0 Å². The Balaban J connectivity index is 2.66. The summed E-state index contributed by atoms with van der Waals surface area (Å²) in [4.78, 5) is 0. The standard InChI is InChI=1S/C14H21NO/c1-4-11-15-14(5-2)12-7-9-13(10-8-12)16-6-3/h5,7-10,14-15H,2,4,6,11H2,1,3H3. The number of rotatable bonds is 7. The van der Waals surface area contributed by atoms with Crippen LogP contribution in [0.3, 0.4) is 0 Å². The molecule has 0 spiro atoms. The summed E-state index contributed by atoms with van der Waals surface area (Å²) in [6.07, 6.45) is 3.06. The molecular weight excluding hydrogens is 198 g/mol. The molecule has 88 valence electrons. The number of nitrogens with one attached hydrogen (secondary N) is 1. The molecule has 16 heavy (non-hydrogen) atoms. The zero-order chi connectivity index (χ0) is 11.8. The molecule has 0 fully saturated rings. The van der Waals surface area contributed by atoms with E-state index >= 15 is 0 Å². The minimum absolute atomic E-state index is 0.232. The van der Waals surface area contributed by atoms with Crippen LogP contribution in [-0.2, 0) is 0 Å². The molecule has 0 bridgehead atoms. The monoisotopic (exact) mass is 219 g/mol. The third kappa shape index (κ3) is 3.70. The van der Waals surface area contributed by atoms with Gasteiger partial charge >= 0.3 is 0 Å². The van der Waals surface area contributed by atoms with Gasteiger partial charge in [0.1, 0.15) is 5.75 Å². The van der Waals surface area contributed by atoms with Crippen molar-refractivity contribution in [1.29, 1.82) is 0 Å². The van der Waals surface area contributed by atoms with E-state index in [0.29, 0.717) is 6.61 Å². The average Bonchev–Trinajstić information content (AvgIpc) is 2.32. The van der Waals surface area contributed by atoms with Crippen LogP contribution >= 0.6 is 0 Å². The van der Waals surface area contributed by atoms with Gasteiger partial charge in [0.15, 0.2) is 0 Å². The molecule has 0 aliphatic heterocycles. The summed E-state index contributed by atoms with van der Waals surface area (Å²) < 4.78 is 5.41. The summed E-state index contributed by atoms with van der Waals surface area (Å²) in [6, 6.07) is 8.40. The van der Waals surface area contributed by atoms with Crippen molar-refractivity contribution in [3.05, 3.63) is 42.5 Å². The summed E-state index contributed by atoms with van der Waals surface area (Å²) in [5.74, 6) is 0.921. The van der Waals surface area contributed by atoms with E-state index in [1.54, 1.807) is 0 Å². The van der Waals surface area contributed by atoms with Crippen molar-refractivity contribution < 1.29 is 4.74 Å². The van der Waals surface area contributed by atoms with Gasteiger partial charge in [0, 0.05) is 0 Å². The fraction of sp³-hybridized carbons (Fsp3) is 0.429. The summed E-state index contributed by atoms with van der Waals surface area (Å²) in [6.45, 7) is 9.71. The third-order valence-corrected chi connectivity index (χ3v) is 2.40. The van der Waals surface area contributed by atoms with E-state index in [9.17, 15) is 0 Å². The van der Waals surface area contributed by atoms with Crippen LogP contribution in [-0.4, -0.2) is 13.2 Å². The quantitative estimate of drug-likeness (QED) is 0.710. The zero-order valence-electron chi connectivity index (χ0n) is 10.2. The van der Waals surface area contributed by atoms with Crippen molar-refractivity contribution >= 4 is 0 Å². The highest BCUT2D eigenvalue weighted by molar-refractivity contribution is 5.30. The highest BCUT2D eigenvalue weighted by Crippen LogP contribution is 2.18. The molecule has 0 radical (unpaired) electrons. The molecule has 1 aromatic rings. The maximum absolute atomic E-state index is 5.41. The van der Waals surface area contributed by atoms with Gasteiger partial charge in [-0.1, -0.05) is 25.1 Å². The Morgan fingerprint density at radius 1 is 1.31 bits per heavy atom. The van der Waals surface area contributed by atoms with E-state index in [1.807, 2.05) is 25.1 Å². The summed E-state index contributed by atoms with van der Waals surface area (Å²) in [7, 11) is 0. The highest BCUT2D eigenvalue weighted by atomic mass is 16.5. The molecule has 0 saturated heterocycles. The van der Waals surface area contributed by atoms with Crippen molar-refractivity contribution in [2.75, 3.05) is 13.2 Å². The molecule has 1 unspecified atom stereocenters. The van der Waals surface area contributed by atoms with Gasteiger partial charge in [0.05, 0.1) is 12.6 Å². The minimum Gasteiger partial charge on any atom is -0.494 e. The van der Waals surface area contributed by atoms with E-state index < -0.39 is 0 Å². The molecular formula is C14H21NO. The van der Waals surface area contributed by atoms with Crippen molar-refractivity contribution in [2.24, 2.45) is 0 Å². The van der Waals surface area contributed by atoms with Crippen LogP contribution in [0.5, 0.6) is 5.75 Å². The van der Waals surface area contributed by atoms with E-state index in [1.165, 1.54) is 5.56 Å². The summed E-state index contributed by atoms with van der Waals surface area (Å²) in [5, 5.41) is 3.43. The largest absolute Gasteiger partial charge is 0.494 e. The molecule has 1 aromatic carbocycles. The molecule has 1 atom stereocenters. The summed E-state index contributed by atoms with van der Waals surface area (Å²) >= 11 is 0. The first-order valence-corrected chi connectivity index (χ1v) is 5.90. The summed E-state index contributed by atoms with van der Waals surface area (Å²) in [5.41, 5.74) is 1.23. The Morgan fingerprint density at radius 3 is 2.50 bits per heavy atom. The average molecular weight is 219 g/mol. The van der Waals surface area contributed by atoms with Crippen LogP contribution in [0.2, 0.25) is 0 Å². The lowest BCUT2D eigenvalue weighted by Gasteiger charge is -2.15. The molecule has 2 nitrogen and oxygen atoms in total. The maximum atomic E-state index is 5.41. The van der Waals surface area contributed by atoms with Gasteiger partial charge in [-0.05, 0) is 37.6 Å². The topological polar surface area (TPSA) is 21.3 Å². The lowest BCUT2D eigenvalue weighted by atomic mass is 10.1. The molecule has 0 heterocycles. The first-order valence-electron chi connectivity index (χ1n) is 5.90. The molecule has 0 aliphatic rings. The normalized spacial score (nSPS) is 12.1. The van der Waals surface area contributed by atoms with Crippen LogP contribution < -0.4 is 10.1 Å². The van der Waals surface area contributed by atoms with Crippen LogP contribution in [0.25, 0.3) is 0 Å². The Bertz CT molecular complexity index is 305. The fourth-order valence-corrected chi connectivity index (χ4v) is 1.58. The van der Waals surface area contributed by atoms with Gasteiger partial charge < -0.3 is 10.1 Å². The fourth-order valence-electron chi connectivity index (χ4n) is 1.58. The van der Waals surface area contributed by atoms with Gasteiger partial charge in [-0.2, -0.15) is 0 Å². The Hall–Kier alpha value is -1.28. The number of ether oxygens (including phenoxy) is 1. The highest BCUT2D eigenvalue weighted by Gasteiger charge is 2.05. The van der Waals surface area contributed by atoms with Gasteiger partial charge in [-0.3, -0.25) is 0 Å². The van der Waals surface area contributed by atoms with Gasteiger partial charge in [-0.15, -0.1) is 6.58 Å². The molecule has 1 rings (SSSR count). The predicted molar refractivity (Wildman–Crippen MR) is 68.8 cm³/mol. The van der Waals surface area contributed by atoms with Crippen LogP contribution in [0, 0.1) is 0 Å². The van der Waals surface area contributed by atoms with Crippen LogP contribution in [0.4, 0.5) is 0 Å². The number of benzene rings is 1. The number of hydrogen-bond donors (Lipinski definition) is 1. The zero-order valence-corrected chi connectivity index (χ0v) is 10.2. The van der Waals surface area contributed by atoms with Crippen molar-refractivity contribution in [3.63, 3.8) is 0 Å². The number of hydrogen-bond acceptors (Lipinski definition) is 2. The van der Waals surface area contributed by atoms with Crippen LogP contribution in [0.1, 0.15) is 31.9 Å². The molecule has 1 N–H and O–H groups in total. The first-order chi connectivity index (χ1) is 7.81. The van der Waals surface area contributed by atoms with E-state index in [0.717, 1.165) is 18.7 Å². The minimum atomic E-state index is 0.232. The predicted octanol–water partition coefficient (Wildman–Crippen LogP) is 3.31. The molecule has 2 heteroatoms. The molecule has 0 saturated carbocycles. The van der Waals surface area contributed by atoms with E-state index in [-0.39, 0.29) is 6.04 Å². The molecule has 0 aliphatic carbocycles. The second kappa shape index (κ2) is 7.07. The van der Waals surface area contributed by atoms with Crippen molar-refractivity contribution in [2.45, 2.75) is 26.3 Å². The lowest BCUT2D eigenvalue weighted by Crippen LogP contribution is -2.20. The Morgan fingerprint density at radius 2 is 2.00 bits per heavy atom. The first kappa shape index (κ1) is 12.8. The van der Waals surface area contributed by atoms with Gasteiger partial charge in [0.2, 0.25) is 0 Å². The van der Waals surface area contributed by atoms with E-state index in [4.69, 9.17) is 4.74 Å². The lowest BCUT2D eigenvalue weighted by molar-refractivity contribution is 0.340. The third-order valence-electron chi connectivity index (χ3n) is 2.40. The smallest absolute Gasteiger partial charge is 0.119 e. The van der Waals surface area contributed by atoms with E-state index in [2.05, 4.69) is 31.0 Å². The molecule has 0 amide bonds. The Kier molecular flexibility index (Phi) is 5.65. The second-order valence-electron chi connectivity index (χ2n) is 3.67. The Labute approximate surface area is 98.3 Å². The van der Waals surface area contributed by atoms with Gasteiger partial charge in [-0.25, -0.2) is 0 Å². The maximum Gasteiger partial charge on any atom is 0.119 e. The van der Waals surface area contributed by atoms with Crippen molar-refractivity contribution in [1.82, 2.24) is 5.32 Å². The van der Waals surface area contributed by atoms with Crippen molar-refractivity contribution in [3.8, 4) is 5.75 Å². The SMILES string of the molecule is C=CC(NCCC)c1ccc(OCC)cc1.